The molecule has 0 N–H and O–H groups in total. The van der Waals surface area contributed by atoms with Gasteiger partial charge in [-0.3, -0.25) is 0 Å². The highest BCUT2D eigenvalue weighted by Gasteiger charge is 2.23. The number of thiophene rings is 1. The first-order valence-electron chi connectivity index (χ1n) is 4.85. The Morgan fingerprint density at radius 3 is 3.14 bits per heavy atom. The van der Waals surface area contributed by atoms with E-state index in [1.54, 1.807) is 11.3 Å². The molecule has 4 heteroatoms. The summed E-state index contributed by atoms with van der Waals surface area (Å²) in [7, 11) is 0. The third-order valence-corrected chi connectivity index (χ3v) is 3.37. The average Bonchev–Trinajstić information content (AvgIpc) is 2.68. The minimum Gasteiger partial charge on any atom is -0.313 e. The maximum Gasteiger partial charge on any atom is 0.173 e. The van der Waals surface area contributed by atoms with Gasteiger partial charge >= 0.3 is 0 Å². The Labute approximate surface area is 86.4 Å². The van der Waals surface area contributed by atoms with Crippen LogP contribution in [0.3, 0.4) is 0 Å². The molecule has 0 bridgehead atoms. The molecule has 72 valence electrons. The van der Waals surface area contributed by atoms with E-state index in [4.69, 9.17) is 0 Å². The van der Waals surface area contributed by atoms with Gasteiger partial charge in [0.15, 0.2) is 5.82 Å². The van der Waals surface area contributed by atoms with Crippen LogP contribution in [0.5, 0.6) is 0 Å². The Kier molecular flexibility index (Phi) is 1.87. The van der Waals surface area contributed by atoms with E-state index in [9.17, 15) is 0 Å². The fourth-order valence-corrected chi connectivity index (χ4v) is 2.29. The van der Waals surface area contributed by atoms with Gasteiger partial charge < -0.3 is 4.57 Å². The van der Waals surface area contributed by atoms with Crippen molar-refractivity contribution in [2.24, 2.45) is 5.92 Å². The first kappa shape index (κ1) is 8.17. The van der Waals surface area contributed by atoms with Crippen LogP contribution in [-0.4, -0.2) is 14.8 Å². The van der Waals surface area contributed by atoms with Crippen molar-refractivity contribution in [2.75, 3.05) is 0 Å². The van der Waals surface area contributed by atoms with Crippen LogP contribution in [0, 0.1) is 5.92 Å². The first-order chi connectivity index (χ1) is 6.93. The van der Waals surface area contributed by atoms with Crippen LogP contribution in [0.1, 0.15) is 12.8 Å². The second kappa shape index (κ2) is 3.20. The van der Waals surface area contributed by atoms with Crippen molar-refractivity contribution in [1.82, 2.24) is 14.8 Å². The van der Waals surface area contributed by atoms with Gasteiger partial charge in [0.2, 0.25) is 0 Å². The number of nitrogens with zero attached hydrogens (tertiary/aromatic N) is 3. The summed E-state index contributed by atoms with van der Waals surface area (Å²) in [6, 6.07) is 4.15. The molecule has 0 atom stereocenters. The molecule has 2 aromatic rings. The molecule has 0 saturated heterocycles. The van der Waals surface area contributed by atoms with E-state index in [0.29, 0.717) is 0 Å². The van der Waals surface area contributed by atoms with Crippen LogP contribution >= 0.6 is 11.3 Å². The van der Waals surface area contributed by atoms with Crippen molar-refractivity contribution in [2.45, 2.75) is 19.4 Å². The molecule has 0 radical (unpaired) electrons. The van der Waals surface area contributed by atoms with Crippen LogP contribution in [0.15, 0.2) is 23.8 Å². The topological polar surface area (TPSA) is 30.7 Å². The van der Waals surface area contributed by atoms with Crippen molar-refractivity contribution < 1.29 is 0 Å². The predicted octanol–water partition coefficient (Wildman–Crippen LogP) is 2.42. The van der Waals surface area contributed by atoms with Crippen LogP contribution < -0.4 is 0 Å². The average molecular weight is 205 g/mol. The Morgan fingerprint density at radius 1 is 1.50 bits per heavy atom. The van der Waals surface area contributed by atoms with Gasteiger partial charge in [-0.2, -0.15) is 0 Å². The highest BCUT2D eigenvalue weighted by Crippen LogP contribution is 2.32. The third kappa shape index (κ3) is 1.46. The van der Waals surface area contributed by atoms with E-state index in [1.165, 1.54) is 17.7 Å². The fraction of sp³-hybridized carbons (Fsp3) is 0.400. The van der Waals surface area contributed by atoms with Crippen molar-refractivity contribution in [3.63, 3.8) is 0 Å². The Bertz CT molecular complexity index is 414. The summed E-state index contributed by atoms with van der Waals surface area (Å²) in [5.41, 5.74) is 0. The highest BCUT2D eigenvalue weighted by molar-refractivity contribution is 7.13. The maximum atomic E-state index is 4.16. The zero-order chi connectivity index (χ0) is 9.38. The summed E-state index contributed by atoms with van der Waals surface area (Å²) in [4.78, 5) is 1.21. The van der Waals surface area contributed by atoms with E-state index < -0.39 is 0 Å². The lowest BCUT2D eigenvalue weighted by atomic mass is 10.4. The molecule has 1 fully saturated rings. The largest absolute Gasteiger partial charge is 0.313 e. The van der Waals surface area contributed by atoms with Crippen molar-refractivity contribution >= 4 is 11.3 Å². The van der Waals surface area contributed by atoms with E-state index in [1.807, 2.05) is 6.33 Å². The molecule has 0 spiro atoms. The second-order valence-corrected chi connectivity index (χ2v) is 4.68. The van der Waals surface area contributed by atoms with E-state index in [0.717, 1.165) is 18.3 Å². The number of aromatic nitrogens is 3. The van der Waals surface area contributed by atoms with Gasteiger partial charge in [-0.15, -0.1) is 21.5 Å². The quantitative estimate of drug-likeness (QED) is 0.770. The van der Waals surface area contributed by atoms with Gasteiger partial charge in [0.05, 0.1) is 4.88 Å². The highest BCUT2D eigenvalue weighted by atomic mass is 32.1. The minimum atomic E-state index is 0.865. The molecule has 0 aliphatic heterocycles. The Balaban J connectivity index is 1.92. The van der Waals surface area contributed by atoms with E-state index in [-0.39, 0.29) is 0 Å². The zero-order valence-electron chi connectivity index (χ0n) is 7.76. The van der Waals surface area contributed by atoms with Gasteiger partial charge in [0, 0.05) is 6.54 Å². The molecule has 1 saturated carbocycles. The molecule has 0 unspecified atom stereocenters. The lowest BCUT2D eigenvalue weighted by Gasteiger charge is -2.02. The Morgan fingerprint density at radius 2 is 2.43 bits per heavy atom. The van der Waals surface area contributed by atoms with Gasteiger partial charge in [0.25, 0.3) is 0 Å². The van der Waals surface area contributed by atoms with Crippen LogP contribution in [0.2, 0.25) is 0 Å². The van der Waals surface area contributed by atoms with E-state index in [2.05, 4.69) is 32.3 Å². The van der Waals surface area contributed by atoms with Crippen LogP contribution in [0.4, 0.5) is 0 Å². The summed E-state index contributed by atoms with van der Waals surface area (Å²) in [5, 5.41) is 10.2. The zero-order valence-corrected chi connectivity index (χ0v) is 8.57. The molecule has 2 heterocycles. The lowest BCUT2D eigenvalue weighted by Crippen LogP contribution is -1.99. The summed E-state index contributed by atoms with van der Waals surface area (Å²) >= 11 is 1.72. The van der Waals surface area contributed by atoms with Crippen LogP contribution in [0.25, 0.3) is 10.7 Å². The number of rotatable bonds is 3. The standard InChI is InChI=1S/C10H11N3S/c1-2-9(14-5-1)10-12-11-7-13(10)6-8-3-4-8/h1-2,5,7-8H,3-4,6H2. The van der Waals surface area contributed by atoms with Crippen molar-refractivity contribution in [3.05, 3.63) is 23.8 Å². The molecule has 2 aromatic heterocycles. The Hall–Kier alpha value is -1.16. The summed E-state index contributed by atoms with van der Waals surface area (Å²) in [6.45, 7) is 1.08. The van der Waals surface area contributed by atoms with Crippen LogP contribution in [-0.2, 0) is 6.54 Å². The van der Waals surface area contributed by atoms with E-state index >= 15 is 0 Å². The number of hydrogen-bond acceptors (Lipinski definition) is 3. The van der Waals surface area contributed by atoms with Gasteiger partial charge in [-0.1, -0.05) is 6.07 Å². The van der Waals surface area contributed by atoms with Crippen molar-refractivity contribution in [3.8, 4) is 10.7 Å². The number of hydrogen-bond donors (Lipinski definition) is 0. The van der Waals surface area contributed by atoms with Gasteiger partial charge in [-0.05, 0) is 30.2 Å². The summed E-state index contributed by atoms with van der Waals surface area (Å²) < 4.78 is 2.17. The minimum absolute atomic E-state index is 0.865. The normalized spacial score (nSPS) is 16.0. The smallest absolute Gasteiger partial charge is 0.173 e. The fourth-order valence-electron chi connectivity index (χ4n) is 1.56. The molecular formula is C10H11N3S. The summed E-state index contributed by atoms with van der Waals surface area (Å²) in [6.07, 6.45) is 4.57. The molecule has 0 aromatic carbocycles. The monoisotopic (exact) mass is 205 g/mol. The third-order valence-electron chi connectivity index (χ3n) is 2.51. The summed E-state index contributed by atoms with van der Waals surface area (Å²) in [5.74, 6) is 1.89. The predicted molar refractivity (Wildman–Crippen MR) is 56.1 cm³/mol. The molecule has 1 aliphatic carbocycles. The molecule has 3 nitrogen and oxygen atoms in total. The molecule has 14 heavy (non-hydrogen) atoms. The maximum absolute atomic E-state index is 4.16. The first-order valence-corrected chi connectivity index (χ1v) is 5.73. The SMILES string of the molecule is c1csc(-c2nncn2CC2CC2)c1. The second-order valence-electron chi connectivity index (χ2n) is 3.73. The molecule has 1 aliphatic rings. The molecule has 0 amide bonds. The van der Waals surface area contributed by atoms with Gasteiger partial charge in [0.1, 0.15) is 6.33 Å². The van der Waals surface area contributed by atoms with Crippen molar-refractivity contribution in [1.29, 1.82) is 0 Å². The van der Waals surface area contributed by atoms with Gasteiger partial charge in [-0.25, -0.2) is 0 Å². The molecule has 3 rings (SSSR count). The lowest BCUT2D eigenvalue weighted by molar-refractivity contribution is 0.631. The molecular weight excluding hydrogens is 194 g/mol.